The lowest BCUT2D eigenvalue weighted by molar-refractivity contribution is -0.120. The summed E-state index contributed by atoms with van der Waals surface area (Å²) in [6, 6.07) is 1.91. The van der Waals surface area contributed by atoms with E-state index in [2.05, 4.69) is 22.2 Å². The van der Waals surface area contributed by atoms with E-state index in [1.807, 2.05) is 18.4 Å². The van der Waals surface area contributed by atoms with E-state index in [0.717, 1.165) is 36.0 Å². The molecule has 2 aromatic heterocycles. The van der Waals surface area contributed by atoms with Gasteiger partial charge in [-0.15, -0.1) is 11.3 Å². The monoisotopic (exact) mass is 324 g/mol. The van der Waals surface area contributed by atoms with Crippen LogP contribution in [0.1, 0.15) is 33.1 Å². The van der Waals surface area contributed by atoms with Crippen molar-refractivity contribution in [1.29, 1.82) is 0 Å². The van der Waals surface area contributed by atoms with Crippen LogP contribution < -0.4 is 11.1 Å². The average molecular weight is 324 g/mol. The van der Waals surface area contributed by atoms with Gasteiger partial charge in [-0.05, 0) is 24.8 Å². The molecule has 3 N–H and O–H groups in total. The maximum absolute atomic E-state index is 12.0. The third-order valence-electron chi connectivity index (χ3n) is 3.06. The van der Waals surface area contributed by atoms with Crippen molar-refractivity contribution in [2.45, 2.75) is 43.5 Å². The molecule has 0 aliphatic heterocycles. The van der Waals surface area contributed by atoms with Gasteiger partial charge in [0, 0.05) is 6.54 Å². The van der Waals surface area contributed by atoms with Crippen LogP contribution in [0.4, 0.5) is 5.82 Å². The lowest BCUT2D eigenvalue weighted by Crippen LogP contribution is -2.31. The molecule has 2 aromatic rings. The van der Waals surface area contributed by atoms with Crippen molar-refractivity contribution in [1.82, 2.24) is 15.3 Å². The number of unbranched alkanes of at least 4 members (excludes halogenated alkanes) is 2. The molecule has 0 aliphatic rings. The number of amides is 1. The van der Waals surface area contributed by atoms with Crippen molar-refractivity contribution in [2.75, 3.05) is 12.3 Å². The number of carbonyl (C=O) groups is 1. The van der Waals surface area contributed by atoms with Gasteiger partial charge in [-0.1, -0.05) is 31.5 Å². The minimum Gasteiger partial charge on any atom is -0.383 e. The Morgan fingerprint density at radius 2 is 2.29 bits per heavy atom. The van der Waals surface area contributed by atoms with E-state index in [9.17, 15) is 4.79 Å². The van der Waals surface area contributed by atoms with Crippen molar-refractivity contribution < 1.29 is 4.79 Å². The molecular weight excluding hydrogens is 304 g/mol. The first-order valence-corrected chi connectivity index (χ1v) is 8.82. The highest BCUT2D eigenvalue weighted by Crippen LogP contribution is 2.28. The second kappa shape index (κ2) is 7.61. The summed E-state index contributed by atoms with van der Waals surface area (Å²) in [6.07, 6.45) is 3.30. The van der Waals surface area contributed by atoms with Crippen molar-refractivity contribution in [2.24, 2.45) is 0 Å². The van der Waals surface area contributed by atoms with Crippen LogP contribution in [0.15, 0.2) is 16.6 Å². The lowest BCUT2D eigenvalue weighted by atomic mass is 10.2. The molecule has 1 unspecified atom stereocenters. The fourth-order valence-corrected chi connectivity index (χ4v) is 3.48. The number of hydrogen-bond acceptors (Lipinski definition) is 6. The molecule has 0 spiro atoms. The molecule has 1 atom stereocenters. The largest absolute Gasteiger partial charge is 0.383 e. The average Bonchev–Trinajstić information content (AvgIpc) is 2.92. The molecular formula is C14H20N4OS2. The second-order valence-corrected chi connectivity index (χ2v) is 6.99. The predicted octanol–water partition coefficient (Wildman–Crippen LogP) is 3.06. The number of thiophene rings is 1. The third-order valence-corrected chi connectivity index (χ3v) is 4.83. The van der Waals surface area contributed by atoms with Gasteiger partial charge in [-0.25, -0.2) is 9.97 Å². The maximum Gasteiger partial charge on any atom is 0.233 e. The van der Waals surface area contributed by atoms with Gasteiger partial charge in [-0.2, -0.15) is 0 Å². The Bertz CT molecular complexity index is 614. The Labute approximate surface area is 132 Å². The van der Waals surface area contributed by atoms with Gasteiger partial charge in [0.25, 0.3) is 0 Å². The van der Waals surface area contributed by atoms with Crippen molar-refractivity contribution in [3.05, 3.63) is 11.4 Å². The van der Waals surface area contributed by atoms with Crippen molar-refractivity contribution >= 4 is 45.0 Å². The zero-order valence-corrected chi connectivity index (χ0v) is 13.9. The molecule has 0 fully saturated rings. The maximum atomic E-state index is 12.0. The Kier molecular flexibility index (Phi) is 5.81. The normalized spacial score (nSPS) is 12.5. The Hall–Kier alpha value is -1.34. The minimum absolute atomic E-state index is 0.0181. The summed E-state index contributed by atoms with van der Waals surface area (Å²) in [4.78, 5) is 21.6. The lowest BCUT2D eigenvalue weighted by Gasteiger charge is -2.11. The van der Waals surface area contributed by atoms with Gasteiger partial charge in [0.1, 0.15) is 10.6 Å². The second-order valence-electron chi connectivity index (χ2n) is 4.79. The molecule has 2 heterocycles. The van der Waals surface area contributed by atoms with E-state index in [1.54, 1.807) is 0 Å². The van der Waals surface area contributed by atoms with Crippen LogP contribution >= 0.6 is 23.1 Å². The molecule has 0 saturated heterocycles. The van der Waals surface area contributed by atoms with Crippen molar-refractivity contribution in [3.8, 4) is 0 Å². The van der Waals surface area contributed by atoms with E-state index in [1.165, 1.54) is 23.1 Å². The topological polar surface area (TPSA) is 80.9 Å². The number of anilines is 1. The number of nitrogens with two attached hydrogens (primary N) is 1. The van der Waals surface area contributed by atoms with Crippen molar-refractivity contribution in [3.63, 3.8) is 0 Å². The summed E-state index contributed by atoms with van der Waals surface area (Å²) in [6.45, 7) is 4.73. The van der Waals surface area contributed by atoms with Gasteiger partial charge in [0.2, 0.25) is 5.91 Å². The van der Waals surface area contributed by atoms with Gasteiger partial charge < -0.3 is 11.1 Å². The molecule has 1 amide bonds. The number of hydrogen-bond donors (Lipinski definition) is 2. The van der Waals surface area contributed by atoms with E-state index in [4.69, 9.17) is 5.73 Å². The number of rotatable bonds is 7. The molecule has 114 valence electrons. The van der Waals surface area contributed by atoms with E-state index in [0.29, 0.717) is 11.0 Å². The number of thioether (sulfide) groups is 1. The first kappa shape index (κ1) is 16.0. The van der Waals surface area contributed by atoms with E-state index < -0.39 is 0 Å². The van der Waals surface area contributed by atoms with Gasteiger partial charge in [0.05, 0.1) is 10.6 Å². The predicted molar refractivity (Wildman–Crippen MR) is 89.7 cm³/mol. The number of carbonyl (C=O) groups excluding carboxylic acids is 1. The highest BCUT2D eigenvalue weighted by atomic mass is 32.2. The van der Waals surface area contributed by atoms with Crippen LogP contribution in [0.2, 0.25) is 0 Å². The molecule has 0 radical (unpaired) electrons. The standard InChI is InChI=1S/C14H20N4OS2/c1-3-4-5-7-16-12(19)9(2)21-14-17-11(15)10-6-8-20-13(10)18-14/h6,8-9H,3-5,7H2,1-2H3,(H,16,19)(H2,15,17,18). The van der Waals surface area contributed by atoms with Crippen LogP contribution in [0.25, 0.3) is 10.2 Å². The summed E-state index contributed by atoms with van der Waals surface area (Å²) in [7, 11) is 0. The molecule has 21 heavy (non-hydrogen) atoms. The summed E-state index contributed by atoms with van der Waals surface area (Å²) in [5.74, 6) is 0.490. The first-order chi connectivity index (χ1) is 10.1. The zero-order chi connectivity index (χ0) is 15.2. The van der Waals surface area contributed by atoms with E-state index in [-0.39, 0.29) is 11.2 Å². The molecule has 5 nitrogen and oxygen atoms in total. The Balaban J connectivity index is 1.94. The number of aromatic nitrogens is 2. The fraction of sp³-hybridized carbons (Fsp3) is 0.500. The fourth-order valence-electron chi connectivity index (χ4n) is 1.85. The third kappa shape index (κ3) is 4.31. The summed E-state index contributed by atoms with van der Waals surface area (Å²) >= 11 is 2.87. The highest BCUT2D eigenvalue weighted by molar-refractivity contribution is 8.00. The Morgan fingerprint density at radius 3 is 3.05 bits per heavy atom. The molecule has 0 aliphatic carbocycles. The van der Waals surface area contributed by atoms with Gasteiger partial charge >= 0.3 is 0 Å². The smallest absolute Gasteiger partial charge is 0.233 e. The summed E-state index contributed by atoms with van der Waals surface area (Å²) < 4.78 is 0. The van der Waals surface area contributed by atoms with Crippen LogP contribution in [-0.4, -0.2) is 27.7 Å². The highest BCUT2D eigenvalue weighted by Gasteiger charge is 2.16. The molecule has 0 bridgehead atoms. The number of fused-ring (bicyclic) bond motifs is 1. The van der Waals surface area contributed by atoms with Gasteiger partial charge in [0.15, 0.2) is 5.16 Å². The first-order valence-electron chi connectivity index (χ1n) is 7.07. The zero-order valence-electron chi connectivity index (χ0n) is 12.3. The molecule has 2 rings (SSSR count). The SMILES string of the molecule is CCCCCNC(=O)C(C)Sc1nc(N)c2ccsc2n1. The van der Waals surface area contributed by atoms with E-state index >= 15 is 0 Å². The van der Waals surface area contributed by atoms with Crippen LogP contribution in [0.5, 0.6) is 0 Å². The molecule has 0 aromatic carbocycles. The summed E-state index contributed by atoms with van der Waals surface area (Å²) in [5, 5.41) is 6.08. The molecule has 7 heteroatoms. The van der Waals surface area contributed by atoms with Crippen LogP contribution in [0.3, 0.4) is 0 Å². The van der Waals surface area contributed by atoms with Crippen LogP contribution in [-0.2, 0) is 4.79 Å². The molecule has 0 saturated carbocycles. The minimum atomic E-state index is -0.233. The quantitative estimate of drug-likeness (QED) is 0.465. The Morgan fingerprint density at radius 1 is 1.48 bits per heavy atom. The number of nitrogens with one attached hydrogen (secondary N) is 1. The number of nitrogens with zero attached hydrogens (tertiary/aromatic N) is 2. The van der Waals surface area contributed by atoms with Gasteiger partial charge in [-0.3, -0.25) is 4.79 Å². The van der Waals surface area contributed by atoms with Crippen LogP contribution in [0, 0.1) is 0 Å². The summed E-state index contributed by atoms with van der Waals surface area (Å²) in [5.41, 5.74) is 5.91. The number of nitrogen functional groups attached to an aromatic ring is 1.